The largest absolute Gasteiger partial charge is 0.344 e. The van der Waals surface area contributed by atoms with E-state index in [4.69, 9.17) is 0 Å². The Balaban J connectivity index is 1.70. The van der Waals surface area contributed by atoms with E-state index in [0.29, 0.717) is 5.69 Å². The van der Waals surface area contributed by atoms with Gasteiger partial charge in [-0.2, -0.15) is 0 Å². The van der Waals surface area contributed by atoms with Crippen LogP contribution >= 0.6 is 11.3 Å². The lowest BCUT2D eigenvalue weighted by molar-refractivity contribution is 0.111. The average Bonchev–Trinajstić information content (AvgIpc) is 3.17. The number of carbonyl (C=O) groups is 1. The molecule has 3 heterocycles. The van der Waals surface area contributed by atoms with E-state index in [0.717, 1.165) is 42.7 Å². The Bertz CT molecular complexity index is 600. The zero-order chi connectivity index (χ0) is 14.7. The highest BCUT2D eigenvalue weighted by atomic mass is 32.1. The van der Waals surface area contributed by atoms with E-state index in [1.807, 2.05) is 12.3 Å². The van der Waals surface area contributed by atoms with Crippen molar-refractivity contribution in [3.8, 4) is 5.13 Å². The summed E-state index contributed by atoms with van der Waals surface area (Å²) in [7, 11) is 0. The molecule has 0 radical (unpaired) electrons. The number of piperazine rings is 1. The number of anilines is 1. The van der Waals surface area contributed by atoms with Crippen molar-refractivity contribution in [3.05, 3.63) is 24.0 Å². The molecule has 3 rings (SSSR count). The molecule has 0 bridgehead atoms. The van der Waals surface area contributed by atoms with Crippen molar-refractivity contribution in [3.63, 3.8) is 0 Å². The lowest BCUT2D eigenvalue weighted by Gasteiger charge is -2.33. The zero-order valence-electron chi connectivity index (χ0n) is 12.1. The summed E-state index contributed by atoms with van der Waals surface area (Å²) in [5.41, 5.74) is 0.602. The Morgan fingerprint density at radius 2 is 2.00 bits per heavy atom. The van der Waals surface area contributed by atoms with E-state index >= 15 is 0 Å². The van der Waals surface area contributed by atoms with E-state index < -0.39 is 0 Å². The summed E-state index contributed by atoms with van der Waals surface area (Å²) in [5, 5.41) is 10.2. The van der Waals surface area contributed by atoms with Crippen molar-refractivity contribution in [2.75, 3.05) is 37.6 Å². The van der Waals surface area contributed by atoms with E-state index in [1.165, 1.54) is 24.3 Å². The number of rotatable bonds is 5. The van der Waals surface area contributed by atoms with Crippen molar-refractivity contribution >= 4 is 22.8 Å². The molecule has 0 atom stereocenters. The highest BCUT2D eigenvalue weighted by Gasteiger charge is 2.20. The van der Waals surface area contributed by atoms with Crippen LogP contribution in [-0.4, -0.2) is 58.7 Å². The molecule has 1 fully saturated rings. The molecule has 0 unspecified atom stereocenters. The van der Waals surface area contributed by atoms with Crippen molar-refractivity contribution < 1.29 is 4.79 Å². The van der Waals surface area contributed by atoms with Gasteiger partial charge in [0.2, 0.25) is 10.3 Å². The fourth-order valence-corrected chi connectivity index (χ4v) is 3.48. The molecule has 0 amide bonds. The van der Waals surface area contributed by atoms with E-state index in [2.05, 4.69) is 26.9 Å². The van der Waals surface area contributed by atoms with Crippen LogP contribution in [0.4, 0.5) is 5.13 Å². The third-order valence-corrected chi connectivity index (χ3v) is 4.68. The molecule has 1 aliphatic heterocycles. The second-order valence-corrected chi connectivity index (χ2v) is 6.05. The first kappa shape index (κ1) is 14.2. The van der Waals surface area contributed by atoms with Crippen molar-refractivity contribution in [2.24, 2.45) is 0 Å². The third-order valence-electron chi connectivity index (χ3n) is 3.69. The number of hydrogen-bond donors (Lipinski definition) is 0. The Hall–Kier alpha value is -1.73. The zero-order valence-corrected chi connectivity index (χ0v) is 12.9. The highest BCUT2D eigenvalue weighted by molar-refractivity contribution is 7.17. The molecule has 0 aliphatic carbocycles. The molecule has 1 saturated heterocycles. The van der Waals surface area contributed by atoms with Crippen LogP contribution in [0.2, 0.25) is 0 Å². The maximum Gasteiger partial charge on any atom is 0.218 e. The number of aromatic nitrogens is 3. The van der Waals surface area contributed by atoms with Crippen LogP contribution in [0.15, 0.2) is 18.3 Å². The fourth-order valence-electron chi connectivity index (χ4n) is 2.58. The molecular formula is C14H19N5OS. The third kappa shape index (κ3) is 2.98. The van der Waals surface area contributed by atoms with Crippen LogP contribution in [-0.2, 0) is 0 Å². The van der Waals surface area contributed by atoms with Crippen LogP contribution in [0, 0.1) is 0 Å². The summed E-state index contributed by atoms with van der Waals surface area (Å²) in [5.74, 6) is 0. The second kappa shape index (κ2) is 6.36. The summed E-state index contributed by atoms with van der Waals surface area (Å²) in [6.07, 6.45) is 3.88. The molecule has 0 N–H and O–H groups in total. The smallest absolute Gasteiger partial charge is 0.218 e. The number of carbonyl (C=O) groups excluding carboxylic acids is 1. The predicted octanol–water partition coefficient (Wildman–Crippen LogP) is 1.67. The number of aldehydes is 1. The van der Waals surface area contributed by atoms with Gasteiger partial charge in [0, 0.05) is 32.4 Å². The maximum atomic E-state index is 11.0. The first-order valence-electron chi connectivity index (χ1n) is 7.25. The first-order valence-corrected chi connectivity index (χ1v) is 8.07. The Labute approximate surface area is 128 Å². The van der Waals surface area contributed by atoms with Gasteiger partial charge in [-0.3, -0.25) is 14.3 Å². The quantitative estimate of drug-likeness (QED) is 0.787. The molecule has 1 aliphatic rings. The monoisotopic (exact) mass is 305 g/mol. The molecule has 21 heavy (non-hydrogen) atoms. The van der Waals surface area contributed by atoms with Gasteiger partial charge in [0.25, 0.3) is 0 Å². The topological polar surface area (TPSA) is 54.3 Å². The Morgan fingerprint density at radius 3 is 2.71 bits per heavy atom. The molecular weight excluding hydrogens is 286 g/mol. The number of nitrogens with zero attached hydrogens (tertiary/aromatic N) is 5. The van der Waals surface area contributed by atoms with Gasteiger partial charge < -0.3 is 4.90 Å². The molecule has 6 nitrogen and oxygen atoms in total. The summed E-state index contributed by atoms with van der Waals surface area (Å²) in [4.78, 5) is 15.7. The maximum absolute atomic E-state index is 11.0. The predicted molar refractivity (Wildman–Crippen MR) is 83.6 cm³/mol. The molecule has 0 aromatic carbocycles. The Kier molecular flexibility index (Phi) is 4.31. The summed E-state index contributed by atoms with van der Waals surface area (Å²) in [6.45, 7) is 7.51. The first-order chi connectivity index (χ1) is 10.3. The van der Waals surface area contributed by atoms with Gasteiger partial charge in [-0.05, 0) is 25.1 Å². The average molecular weight is 305 g/mol. The van der Waals surface area contributed by atoms with Crippen molar-refractivity contribution in [1.82, 2.24) is 19.7 Å². The summed E-state index contributed by atoms with van der Waals surface area (Å²) in [6, 6.07) is 3.62. The minimum Gasteiger partial charge on any atom is -0.344 e. The molecule has 7 heteroatoms. The lowest BCUT2D eigenvalue weighted by atomic mass is 10.3. The summed E-state index contributed by atoms with van der Waals surface area (Å²) < 4.78 is 1.78. The van der Waals surface area contributed by atoms with Crippen LogP contribution in [0.3, 0.4) is 0 Å². The van der Waals surface area contributed by atoms with Gasteiger partial charge in [-0.15, -0.1) is 10.2 Å². The molecule has 2 aromatic heterocycles. The second-order valence-electron chi connectivity index (χ2n) is 5.12. The molecule has 112 valence electrons. The van der Waals surface area contributed by atoms with Gasteiger partial charge >= 0.3 is 0 Å². The molecule has 0 spiro atoms. The normalized spacial score (nSPS) is 16.3. The SMILES string of the molecule is CCCN1CCN(c2nnc(-n3cccc3C=O)s2)CC1. The summed E-state index contributed by atoms with van der Waals surface area (Å²) >= 11 is 1.53. The van der Waals surface area contributed by atoms with E-state index in [-0.39, 0.29) is 0 Å². The standard InChI is InChI=1S/C14H19N5OS/c1-2-5-17-7-9-18(10-8-17)13-15-16-14(21-13)19-6-3-4-12(19)11-20/h3-4,6,11H,2,5,7-10H2,1H3. The van der Waals surface area contributed by atoms with Crippen LogP contribution in [0.1, 0.15) is 23.8 Å². The van der Waals surface area contributed by atoms with Gasteiger partial charge in [0.15, 0.2) is 6.29 Å². The van der Waals surface area contributed by atoms with Gasteiger partial charge in [-0.25, -0.2) is 0 Å². The van der Waals surface area contributed by atoms with Gasteiger partial charge in [0.05, 0.1) is 5.69 Å². The lowest BCUT2D eigenvalue weighted by Crippen LogP contribution is -2.46. The number of hydrogen-bond acceptors (Lipinski definition) is 6. The minimum absolute atomic E-state index is 0.602. The van der Waals surface area contributed by atoms with E-state index in [9.17, 15) is 4.79 Å². The Morgan fingerprint density at radius 1 is 1.24 bits per heavy atom. The minimum atomic E-state index is 0.602. The highest BCUT2D eigenvalue weighted by Crippen LogP contribution is 2.25. The van der Waals surface area contributed by atoms with Gasteiger partial charge in [-0.1, -0.05) is 18.3 Å². The molecule has 0 saturated carbocycles. The van der Waals surface area contributed by atoms with Crippen LogP contribution in [0.25, 0.3) is 5.13 Å². The van der Waals surface area contributed by atoms with Crippen molar-refractivity contribution in [1.29, 1.82) is 0 Å². The molecule has 2 aromatic rings. The van der Waals surface area contributed by atoms with Gasteiger partial charge in [0.1, 0.15) is 0 Å². The van der Waals surface area contributed by atoms with Crippen molar-refractivity contribution in [2.45, 2.75) is 13.3 Å². The fraction of sp³-hybridized carbons (Fsp3) is 0.500. The van der Waals surface area contributed by atoms with Crippen LogP contribution < -0.4 is 4.90 Å². The van der Waals surface area contributed by atoms with Crippen LogP contribution in [0.5, 0.6) is 0 Å². The van der Waals surface area contributed by atoms with E-state index in [1.54, 1.807) is 10.6 Å².